The highest BCUT2D eigenvalue weighted by Crippen LogP contribution is 2.26. The molecular weight excluding hydrogens is 949 g/mol. The number of aliphatic carboxylic acids is 1. The minimum atomic E-state index is -1.93. The molecule has 0 spiro atoms. The Morgan fingerprint density at radius 3 is 1.37 bits per heavy atom. The first-order valence-corrected chi connectivity index (χ1v) is 28.9. The van der Waals surface area contributed by atoms with Crippen molar-refractivity contribution in [3.05, 3.63) is 109 Å². The fourth-order valence-corrected chi connectivity index (χ4v) is 7.98. The van der Waals surface area contributed by atoms with Crippen molar-refractivity contribution in [2.45, 2.75) is 250 Å². The Balaban J connectivity index is 2.77. The van der Waals surface area contributed by atoms with E-state index in [9.17, 15) is 34.5 Å². The summed E-state index contributed by atoms with van der Waals surface area (Å²) in [6, 6.07) is 0. The van der Waals surface area contributed by atoms with E-state index in [4.69, 9.17) is 23.7 Å². The van der Waals surface area contributed by atoms with Gasteiger partial charge in [0, 0.05) is 12.8 Å². The summed E-state index contributed by atoms with van der Waals surface area (Å²) >= 11 is 0. The zero-order valence-corrected chi connectivity index (χ0v) is 46.5. The minimum absolute atomic E-state index is 0.00930. The summed E-state index contributed by atoms with van der Waals surface area (Å²) in [5, 5.41) is 31.4. The quantitative estimate of drug-likeness (QED) is 0.0228. The number of carbonyl (C=O) groups excluding carboxylic acids is 3. The standard InChI is InChI=1S/C63H100O12/c1-4-7-10-13-16-19-22-25-27-28-30-32-34-37-40-43-46-49-55(64)71-52-54(73-56(65)50-47-44-41-38-36-33-29-26-23-20-17-14-11-8-5-2)53-72-63-61(59(68)58(67)60(75-63)62(69)70)74-57(66)51-48-45-42-39-35-31-24-21-18-15-12-9-6-3/h8-9,11-12,17-18,20-21,25-27,29,31,35-36,38,44,47,54,58-61,63,67-68H,4-7,10,13-16,19,22-24,28,30,32-34,37,39-43,45-46,48-53H2,1-3H3,(H,69,70)/b11-8-,12-9-,20-17-,21-18-,27-25-,29-26-,35-31-,38-36-,47-44-. The van der Waals surface area contributed by atoms with E-state index in [0.29, 0.717) is 19.3 Å². The van der Waals surface area contributed by atoms with E-state index in [1.807, 2.05) is 18.2 Å². The molecule has 1 heterocycles. The van der Waals surface area contributed by atoms with E-state index in [0.717, 1.165) is 96.3 Å². The number of carboxylic acids is 1. The van der Waals surface area contributed by atoms with E-state index in [1.165, 1.54) is 57.8 Å². The fourth-order valence-electron chi connectivity index (χ4n) is 7.98. The van der Waals surface area contributed by atoms with E-state index in [-0.39, 0.29) is 25.9 Å². The average molecular weight is 1050 g/mol. The second-order valence-electron chi connectivity index (χ2n) is 19.2. The molecule has 1 aliphatic rings. The van der Waals surface area contributed by atoms with Crippen LogP contribution < -0.4 is 0 Å². The molecule has 6 unspecified atom stereocenters. The predicted molar refractivity (Wildman–Crippen MR) is 303 cm³/mol. The summed E-state index contributed by atoms with van der Waals surface area (Å²) in [6.07, 6.45) is 55.3. The van der Waals surface area contributed by atoms with Crippen molar-refractivity contribution in [2.75, 3.05) is 13.2 Å². The van der Waals surface area contributed by atoms with Gasteiger partial charge in [0.25, 0.3) is 0 Å². The lowest BCUT2D eigenvalue weighted by molar-refractivity contribution is -0.301. The van der Waals surface area contributed by atoms with Gasteiger partial charge in [-0.25, -0.2) is 4.79 Å². The highest BCUT2D eigenvalue weighted by atomic mass is 16.7. The average Bonchev–Trinajstić information content (AvgIpc) is 3.39. The van der Waals surface area contributed by atoms with Crippen molar-refractivity contribution in [2.24, 2.45) is 0 Å². The molecule has 0 saturated carbocycles. The number of carbonyl (C=O) groups is 4. The van der Waals surface area contributed by atoms with E-state index < -0.39 is 67.3 Å². The number of carboxylic acid groups (broad SMARTS) is 1. The maximum Gasteiger partial charge on any atom is 0.335 e. The molecule has 0 aromatic rings. The minimum Gasteiger partial charge on any atom is -0.479 e. The molecule has 75 heavy (non-hydrogen) atoms. The summed E-state index contributed by atoms with van der Waals surface area (Å²) in [7, 11) is 0. The van der Waals surface area contributed by atoms with Crippen molar-refractivity contribution in [1.29, 1.82) is 0 Å². The van der Waals surface area contributed by atoms with Gasteiger partial charge >= 0.3 is 23.9 Å². The molecule has 0 aromatic heterocycles. The van der Waals surface area contributed by atoms with Crippen LogP contribution in [-0.2, 0) is 42.9 Å². The van der Waals surface area contributed by atoms with E-state index in [1.54, 1.807) is 6.08 Å². The summed E-state index contributed by atoms with van der Waals surface area (Å²) < 4.78 is 28.2. The smallest absolute Gasteiger partial charge is 0.335 e. The third-order valence-corrected chi connectivity index (χ3v) is 12.3. The molecule has 0 bridgehead atoms. The number of hydrogen-bond acceptors (Lipinski definition) is 11. The van der Waals surface area contributed by atoms with Gasteiger partial charge < -0.3 is 39.0 Å². The summed E-state index contributed by atoms with van der Waals surface area (Å²) in [5.74, 6) is -3.35. The Bertz CT molecular complexity index is 1720. The number of hydrogen-bond donors (Lipinski definition) is 3. The second-order valence-corrected chi connectivity index (χ2v) is 19.2. The summed E-state index contributed by atoms with van der Waals surface area (Å²) in [4.78, 5) is 51.0. The van der Waals surface area contributed by atoms with Crippen LogP contribution in [0.3, 0.4) is 0 Å². The molecule has 0 amide bonds. The maximum absolute atomic E-state index is 13.1. The van der Waals surface area contributed by atoms with Crippen molar-refractivity contribution < 1.29 is 58.2 Å². The Labute approximate surface area is 453 Å². The molecule has 424 valence electrons. The highest BCUT2D eigenvalue weighted by molar-refractivity contribution is 5.74. The number of rotatable bonds is 47. The first kappa shape index (κ1) is 68.4. The lowest BCUT2D eigenvalue weighted by Crippen LogP contribution is -2.61. The van der Waals surface area contributed by atoms with Crippen LogP contribution in [0.2, 0.25) is 0 Å². The summed E-state index contributed by atoms with van der Waals surface area (Å²) in [6.45, 7) is 5.64. The molecule has 1 aliphatic heterocycles. The largest absolute Gasteiger partial charge is 0.479 e. The number of esters is 3. The zero-order valence-electron chi connectivity index (χ0n) is 46.5. The SMILES string of the molecule is CC/C=C\C/C=C\C/C=C\C/C=C\C/C=C\CC(=O)OC(COC(=O)CCCCCCCCC/C=C\CCCCCCCC)COC1OC(C(=O)O)C(O)C(O)C1OC(=O)CCCCC/C=C\C/C=C\C/C=C\CC. The van der Waals surface area contributed by atoms with Crippen molar-refractivity contribution in [1.82, 2.24) is 0 Å². The van der Waals surface area contributed by atoms with Gasteiger partial charge in [0.15, 0.2) is 24.6 Å². The van der Waals surface area contributed by atoms with Crippen LogP contribution in [0.15, 0.2) is 109 Å². The molecule has 1 saturated heterocycles. The van der Waals surface area contributed by atoms with Gasteiger partial charge in [-0.1, -0.05) is 201 Å². The molecule has 1 rings (SSSR count). The third kappa shape index (κ3) is 40.3. The first-order chi connectivity index (χ1) is 36.6. The van der Waals surface area contributed by atoms with Gasteiger partial charge in [-0.3, -0.25) is 14.4 Å². The van der Waals surface area contributed by atoms with Crippen LogP contribution in [0, 0.1) is 0 Å². The number of ether oxygens (including phenoxy) is 5. The van der Waals surface area contributed by atoms with Gasteiger partial charge in [-0.05, 0) is 103 Å². The Kier molecular flexibility index (Phi) is 45.8. The second kappa shape index (κ2) is 50.2. The molecule has 0 aliphatic carbocycles. The van der Waals surface area contributed by atoms with Gasteiger partial charge in [0.2, 0.25) is 0 Å². The molecule has 6 atom stereocenters. The maximum atomic E-state index is 13.1. The van der Waals surface area contributed by atoms with Gasteiger partial charge in [-0.2, -0.15) is 0 Å². The number of aliphatic hydroxyl groups excluding tert-OH is 2. The van der Waals surface area contributed by atoms with Crippen LogP contribution in [0.5, 0.6) is 0 Å². The molecular formula is C63H100O12. The van der Waals surface area contributed by atoms with E-state index >= 15 is 0 Å². The zero-order chi connectivity index (χ0) is 54.7. The summed E-state index contributed by atoms with van der Waals surface area (Å²) in [5.41, 5.74) is 0. The molecule has 12 nitrogen and oxygen atoms in total. The third-order valence-electron chi connectivity index (χ3n) is 12.3. The predicted octanol–water partition coefficient (Wildman–Crippen LogP) is 14.7. The van der Waals surface area contributed by atoms with Crippen LogP contribution in [-0.4, -0.2) is 89.2 Å². The van der Waals surface area contributed by atoms with Gasteiger partial charge in [-0.15, -0.1) is 0 Å². The van der Waals surface area contributed by atoms with Crippen LogP contribution in [0.4, 0.5) is 0 Å². The van der Waals surface area contributed by atoms with Gasteiger partial charge in [0.1, 0.15) is 18.8 Å². The molecule has 0 aromatic carbocycles. The van der Waals surface area contributed by atoms with Crippen LogP contribution in [0.1, 0.15) is 213 Å². The van der Waals surface area contributed by atoms with Crippen molar-refractivity contribution >= 4 is 23.9 Å². The lowest BCUT2D eigenvalue weighted by atomic mass is 9.98. The van der Waals surface area contributed by atoms with Crippen molar-refractivity contribution in [3.63, 3.8) is 0 Å². The van der Waals surface area contributed by atoms with Crippen LogP contribution in [0.25, 0.3) is 0 Å². The number of allylic oxidation sites excluding steroid dienone is 17. The normalized spacial score (nSPS) is 19.0. The van der Waals surface area contributed by atoms with Crippen molar-refractivity contribution in [3.8, 4) is 0 Å². The molecule has 0 radical (unpaired) electrons. The first-order valence-electron chi connectivity index (χ1n) is 28.9. The Morgan fingerprint density at radius 2 is 0.880 bits per heavy atom. The monoisotopic (exact) mass is 1050 g/mol. The van der Waals surface area contributed by atoms with Crippen LogP contribution >= 0.6 is 0 Å². The molecule has 3 N–H and O–H groups in total. The fraction of sp³-hybridized carbons (Fsp3) is 0.651. The van der Waals surface area contributed by atoms with Gasteiger partial charge in [0.05, 0.1) is 13.0 Å². The topological polar surface area (TPSA) is 175 Å². The number of unbranched alkanes of at least 4 members (excludes halogenated alkanes) is 16. The molecule has 1 fully saturated rings. The lowest BCUT2D eigenvalue weighted by Gasteiger charge is -2.40. The number of aliphatic hydroxyl groups is 2. The highest BCUT2D eigenvalue weighted by Gasteiger charge is 2.50. The van der Waals surface area contributed by atoms with E-state index in [2.05, 4.69) is 106 Å². The Hall–Kier alpha value is -4.62. The Morgan fingerprint density at radius 1 is 0.467 bits per heavy atom. The molecule has 12 heteroatoms.